The lowest BCUT2D eigenvalue weighted by molar-refractivity contribution is 0.363. The first-order chi connectivity index (χ1) is 10.2. The quantitative estimate of drug-likeness (QED) is 0.846. The molecule has 0 aliphatic rings. The molecular weight excluding hydrogens is 266 g/mol. The number of ether oxygens (including phenoxy) is 2. The van der Waals surface area contributed by atoms with Crippen LogP contribution in [0, 0.1) is 0 Å². The molecule has 0 aliphatic heterocycles. The summed E-state index contributed by atoms with van der Waals surface area (Å²) in [5.41, 5.74) is 0.960. The van der Waals surface area contributed by atoms with E-state index >= 15 is 0 Å². The van der Waals surface area contributed by atoms with Crippen molar-refractivity contribution in [3.8, 4) is 11.5 Å². The minimum Gasteiger partial charge on any atom is -0.496 e. The van der Waals surface area contributed by atoms with E-state index in [1.165, 1.54) is 0 Å². The maximum atomic E-state index is 5.93. The Balaban J connectivity index is 2.51. The minimum absolute atomic E-state index is 0.0959. The topological polar surface area (TPSA) is 43.6 Å². The molecule has 114 valence electrons. The molecule has 4 nitrogen and oxygen atoms in total. The predicted octanol–water partition coefficient (Wildman–Crippen LogP) is 3.56. The van der Waals surface area contributed by atoms with Crippen molar-refractivity contribution in [1.29, 1.82) is 0 Å². The van der Waals surface area contributed by atoms with Crippen LogP contribution in [0.3, 0.4) is 0 Å². The van der Waals surface area contributed by atoms with E-state index in [1.54, 1.807) is 14.2 Å². The van der Waals surface area contributed by atoms with Crippen molar-refractivity contribution in [2.45, 2.75) is 26.3 Å². The Morgan fingerprint density at radius 2 is 1.71 bits per heavy atom. The van der Waals surface area contributed by atoms with Gasteiger partial charge in [0.25, 0.3) is 0 Å². The number of nitrogens with one attached hydrogen (secondary N) is 1. The average Bonchev–Trinajstić information content (AvgIpc) is 3.00. The molecular formula is C17H23NO3. The average molecular weight is 289 g/mol. The summed E-state index contributed by atoms with van der Waals surface area (Å²) >= 11 is 0. The van der Waals surface area contributed by atoms with Gasteiger partial charge in [-0.3, -0.25) is 0 Å². The fraction of sp³-hybridized carbons (Fsp3) is 0.412. The van der Waals surface area contributed by atoms with Crippen molar-refractivity contribution in [1.82, 2.24) is 5.32 Å². The van der Waals surface area contributed by atoms with E-state index in [-0.39, 0.29) is 6.04 Å². The van der Waals surface area contributed by atoms with Crippen LogP contribution in [-0.2, 0) is 6.42 Å². The third-order valence-electron chi connectivity index (χ3n) is 3.48. The predicted molar refractivity (Wildman–Crippen MR) is 83.2 cm³/mol. The maximum absolute atomic E-state index is 5.93. The Morgan fingerprint density at radius 1 is 1.05 bits per heavy atom. The standard InChI is InChI=1S/C17H23NO3/c1-5-12-10-11-15(21-12)17(18-6-2)16-13(19-3)8-7-9-14(16)20-4/h7-11,17-18H,5-6H2,1-4H3. The molecule has 2 aromatic rings. The molecule has 0 radical (unpaired) electrons. The molecule has 0 saturated heterocycles. The molecule has 0 saturated carbocycles. The fourth-order valence-electron chi connectivity index (χ4n) is 2.45. The molecule has 1 aromatic carbocycles. The van der Waals surface area contributed by atoms with Gasteiger partial charge in [0, 0.05) is 6.42 Å². The van der Waals surface area contributed by atoms with Gasteiger partial charge < -0.3 is 19.2 Å². The summed E-state index contributed by atoms with van der Waals surface area (Å²) < 4.78 is 16.9. The van der Waals surface area contributed by atoms with Gasteiger partial charge in [-0.2, -0.15) is 0 Å². The third-order valence-corrected chi connectivity index (χ3v) is 3.48. The number of rotatable bonds is 7. The molecule has 0 bridgehead atoms. The number of hydrogen-bond acceptors (Lipinski definition) is 4. The molecule has 1 atom stereocenters. The highest BCUT2D eigenvalue weighted by molar-refractivity contribution is 5.49. The Hall–Kier alpha value is -1.94. The van der Waals surface area contributed by atoms with Crippen LogP contribution < -0.4 is 14.8 Å². The Labute approximate surface area is 126 Å². The van der Waals surface area contributed by atoms with Gasteiger partial charge in [0.05, 0.1) is 25.8 Å². The highest BCUT2D eigenvalue weighted by atomic mass is 16.5. The molecule has 0 fully saturated rings. The SMILES string of the molecule is CCNC(c1ccc(CC)o1)c1c(OC)cccc1OC. The first-order valence-electron chi connectivity index (χ1n) is 7.28. The molecule has 1 heterocycles. The normalized spacial score (nSPS) is 12.2. The molecule has 0 aliphatic carbocycles. The molecule has 1 unspecified atom stereocenters. The minimum atomic E-state index is -0.0959. The van der Waals surface area contributed by atoms with E-state index in [0.29, 0.717) is 0 Å². The number of furan rings is 1. The van der Waals surface area contributed by atoms with Gasteiger partial charge in [0.1, 0.15) is 23.0 Å². The van der Waals surface area contributed by atoms with Crippen LogP contribution in [0.1, 0.15) is 37.0 Å². The first-order valence-corrected chi connectivity index (χ1v) is 7.28. The summed E-state index contributed by atoms with van der Waals surface area (Å²) in [7, 11) is 3.34. The number of methoxy groups -OCH3 is 2. The molecule has 21 heavy (non-hydrogen) atoms. The van der Waals surface area contributed by atoms with Crippen molar-refractivity contribution in [2.75, 3.05) is 20.8 Å². The van der Waals surface area contributed by atoms with Gasteiger partial charge in [-0.25, -0.2) is 0 Å². The van der Waals surface area contributed by atoms with Crippen LogP contribution >= 0.6 is 0 Å². The lowest BCUT2D eigenvalue weighted by atomic mass is 10.0. The van der Waals surface area contributed by atoms with Gasteiger partial charge in [-0.1, -0.05) is 19.9 Å². The Kier molecular flexibility index (Phi) is 5.28. The summed E-state index contributed by atoms with van der Waals surface area (Å²) in [5, 5.41) is 3.45. The molecule has 0 spiro atoms. The number of benzene rings is 1. The van der Waals surface area contributed by atoms with Crippen molar-refractivity contribution in [2.24, 2.45) is 0 Å². The molecule has 1 N–H and O–H groups in total. The molecule has 0 amide bonds. The lowest BCUT2D eigenvalue weighted by Gasteiger charge is -2.21. The zero-order chi connectivity index (χ0) is 15.2. The summed E-state index contributed by atoms with van der Waals surface area (Å²) in [6, 6.07) is 9.72. The molecule has 4 heteroatoms. The van der Waals surface area contributed by atoms with Crippen LogP contribution in [0.4, 0.5) is 0 Å². The highest BCUT2D eigenvalue weighted by Crippen LogP contribution is 2.37. The zero-order valence-electron chi connectivity index (χ0n) is 13.1. The van der Waals surface area contributed by atoms with Crippen molar-refractivity contribution in [3.63, 3.8) is 0 Å². The molecule has 2 rings (SSSR count). The first kappa shape index (κ1) is 15.4. The second-order valence-corrected chi connectivity index (χ2v) is 4.72. The van der Waals surface area contributed by atoms with Crippen LogP contribution in [0.2, 0.25) is 0 Å². The third kappa shape index (κ3) is 3.22. The fourth-order valence-corrected chi connectivity index (χ4v) is 2.45. The van der Waals surface area contributed by atoms with Gasteiger partial charge in [-0.15, -0.1) is 0 Å². The van der Waals surface area contributed by atoms with Crippen molar-refractivity contribution in [3.05, 3.63) is 47.4 Å². The van der Waals surface area contributed by atoms with Gasteiger partial charge in [0.15, 0.2) is 0 Å². The van der Waals surface area contributed by atoms with Crippen LogP contribution in [0.15, 0.2) is 34.7 Å². The second kappa shape index (κ2) is 7.18. The largest absolute Gasteiger partial charge is 0.496 e. The lowest BCUT2D eigenvalue weighted by Crippen LogP contribution is -2.22. The van der Waals surface area contributed by atoms with E-state index in [4.69, 9.17) is 13.9 Å². The van der Waals surface area contributed by atoms with Gasteiger partial charge >= 0.3 is 0 Å². The van der Waals surface area contributed by atoms with Crippen molar-refractivity contribution >= 4 is 0 Å². The second-order valence-electron chi connectivity index (χ2n) is 4.72. The zero-order valence-corrected chi connectivity index (χ0v) is 13.1. The van der Waals surface area contributed by atoms with E-state index in [1.807, 2.05) is 30.3 Å². The summed E-state index contributed by atoms with van der Waals surface area (Å²) in [5.74, 6) is 3.42. The van der Waals surface area contributed by atoms with Crippen molar-refractivity contribution < 1.29 is 13.9 Å². The summed E-state index contributed by atoms with van der Waals surface area (Å²) in [6.45, 7) is 4.96. The summed E-state index contributed by atoms with van der Waals surface area (Å²) in [4.78, 5) is 0. The maximum Gasteiger partial charge on any atom is 0.127 e. The highest BCUT2D eigenvalue weighted by Gasteiger charge is 2.24. The molecule has 1 aromatic heterocycles. The van der Waals surface area contributed by atoms with E-state index < -0.39 is 0 Å². The summed E-state index contributed by atoms with van der Waals surface area (Å²) in [6.07, 6.45) is 0.877. The monoisotopic (exact) mass is 289 g/mol. The number of hydrogen-bond donors (Lipinski definition) is 1. The van der Waals surface area contributed by atoms with Crippen LogP contribution in [0.25, 0.3) is 0 Å². The van der Waals surface area contributed by atoms with E-state index in [2.05, 4.69) is 19.2 Å². The van der Waals surface area contributed by atoms with Gasteiger partial charge in [0.2, 0.25) is 0 Å². The van der Waals surface area contributed by atoms with E-state index in [9.17, 15) is 0 Å². The van der Waals surface area contributed by atoms with Crippen LogP contribution in [-0.4, -0.2) is 20.8 Å². The number of aryl methyl sites for hydroxylation is 1. The van der Waals surface area contributed by atoms with Crippen LogP contribution in [0.5, 0.6) is 11.5 Å². The van der Waals surface area contributed by atoms with Gasteiger partial charge in [-0.05, 0) is 30.8 Å². The Bertz CT molecular complexity index is 555. The van der Waals surface area contributed by atoms with E-state index in [0.717, 1.165) is 41.5 Å². The Morgan fingerprint density at radius 3 is 2.19 bits per heavy atom. The smallest absolute Gasteiger partial charge is 0.127 e.